The molecule has 0 amide bonds. The van der Waals surface area contributed by atoms with Crippen molar-refractivity contribution in [3.8, 4) is 11.6 Å². The quantitative estimate of drug-likeness (QED) is 0.799. The van der Waals surface area contributed by atoms with Crippen LogP contribution in [0.25, 0.3) is 11.8 Å². The van der Waals surface area contributed by atoms with E-state index in [2.05, 4.69) is 9.98 Å². The van der Waals surface area contributed by atoms with Crippen LogP contribution in [0, 0.1) is 4.77 Å². The van der Waals surface area contributed by atoms with E-state index in [-0.39, 0.29) is 16.0 Å². The molecule has 0 atom stereocenters. The van der Waals surface area contributed by atoms with E-state index < -0.39 is 23.2 Å². The van der Waals surface area contributed by atoms with Gasteiger partial charge in [-0.05, 0) is 48.6 Å². The van der Waals surface area contributed by atoms with Crippen molar-refractivity contribution in [3.63, 3.8) is 0 Å². The minimum atomic E-state index is -4.55. The zero-order valence-corrected chi connectivity index (χ0v) is 13.2. The maximum atomic E-state index is 12.9. The van der Waals surface area contributed by atoms with Crippen LogP contribution in [0.15, 0.2) is 51.9 Å². The SMILES string of the molecule is O=c1[nH]c(=S)n(-c2cccc(C(F)(F)F)c2)c(O)c1/C=C1/C=CC=N1. The van der Waals surface area contributed by atoms with Crippen LogP contribution in [0.2, 0.25) is 0 Å². The molecule has 25 heavy (non-hydrogen) atoms. The van der Waals surface area contributed by atoms with E-state index in [1.54, 1.807) is 12.2 Å². The Hall–Kier alpha value is -2.94. The van der Waals surface area contributed by atoms with Crippen molar-refractivity contribution >= 4 is 24.5 Å². The highest BCUT2D eigenvalue weighted by Gasteiger charge is 2.30. The van der Waals surface area contributed by atoms with Crippen LogP contribution >= 0.6 is 12.2 Å². The van der Waals surface area contributed by atoms with Gasteiger partial charge in [-0.3, -0.25) is 19.3 Å². The number of halogens is 3. The molecule has 1 aromatic heterocycles. The van der Waals surface area contributed by atoms with E-state index in [1.165, 1.54) is 24.4 Å². The molecule has 0 saturated heterocycles. The molecule has 3 rings (SSSR count). The van der Waals surface area contributed by atoms with Crippen LogP contribution in [-0.4, -0.2) is 20.9 Å². The lowest BCUT2D eigenvalue weighted by Crippen LogP contribution is -2.16. The topological polar surface area (TPSA) is 70.4 Å². The normalized spacial score (nSPS) is 15.2. The summed E-state index contributed by atoms with van der Waals surface area (Å²) < 4.78 is 39.5. The van der Waals surface area contributed by atoms with Crippen LogP contribution in [0.1, 0.15) is 11.1 Å². The van der Waals surface area contributed by atoms with Crippen LogP contribution < -0.4 is 5.56 Å². The Bertz CT molecular complexity index is 1030. The molecule has 0 radical (unpaired) electrons. The van der Waals surface area contributed by atoms with Gasteiger partial charge >= 0.3 is 6.18 Å². The molecule has 0 bridgehead atoms. The minimum Gasteiger partial charge on any atom is -0.494 e. The monoisotopic (exact) mass is 365 g/mol. The molecule has 128 valence electrons. The number of aromatic hydroxyl groups is 1. The van der Waals surface area contributed by atoms with Crippen molar-refractivity contribution in [3.05, 3.63) is 68.4 Å². The number of aromatic nitrogens is 2. The number of aromatic amines is 1. The smallest absolute Gasteiger partial charge is 0.416 e. The van der Waals surface area contributed by atoms with Gasteiger partial charge in [-0.1, -0.05) is 6.07 Å². The minimum absolute atomic E-state index is 0.0290. The van der Waals surface area contributed by atoms with E-state index in [9.17, 15) is 23.1 Å². The lowest BCUT2D eigenvalue weighted by molar-refractivity contribution is -0.137. The van der Waals surface area contributed by atoms with Gasteiger partial charge < -0.3 is 5.11 Å². The van der Waals surface area contributed by atoms with Crippen molar-refractivity contribution in [2.75, 3.05) is 0 Å². The summed E-state index contributed by atoms with van der Waals surface area (Å²) in [4.78, 5) is 18.4. The highest BCUT2D eigenvalue weighted by Crippen LogP contribution is 2.31. The third-order valence-corrected chi connectivity index (χ3v) is 3.71. The van der Waals surface area contributed by atoms with Crippen LogP contribution in [0.3, 0.4) is 0 Å². The number of alkyl halides is 3. The summed E-state index contributed by atoms with van der Waals surface area (Å²) in [5.74, 6) is -0.573. The van der Waals surface area contributed by atoms with Gasteiger partial charge in [0, 0.05) is 6.21 Å². The fourth-order valence-electron chi connectivity index (χ4n) is 2.28. The predicted octanol–water partition coefficient (Wildman–Crippen LogP) is 3.60. The van der Waals surface area contributed by atoms with Crippen molar-refractivity contribution in [1.29, 1.82) is 0 Å². The van der Waals surface area contributed by atoms with E-state index in [4.69, 9.17) is 12.2 Å². The highest BCUT2D eigenvalue weighted by molar-refractivity contribution is 7.71. The third kappa shape index (κ3) is 3.31. The highest BCUT2D eigenvalue weighted by atomic mass is 32.1. The molecular weight excluding hydrogens is 355 g/mol. The summed E-state index contributed by atoms with van der Waals surface area (Å²) in [6.45, 7) is 0. The standard InChI is InChI=1S/C16H10F3N3O2S/c17-16(18,19)9-3-1-5-11(7-9)22-14(24)12(13(23)21-15(22)25)8-10-4-2-6-20-10/h1-8,24H,(H,21,23,25)/b10-8-. The van der Waals surface area contributed by atoms with E-state index >= 15 is 0 Å². The van der Waals surface area contributed by atoms with Gasteiger partial charge in [0.2, 0.25) is 5.88 Å². The third-order valence-electron chi connectivity index (χ3n) is 3.42. The number of hydrogen-bond donors (Lipinski definition) is 2. The van der Waals surface area contributed by atoms with Crippen LogP contribution in [0.4, 0.5) is 13.2 Å². The second-order valence-corrected chi connectivity index (χ2v) is 5.47. The average molecular weight is 365 g/mol. The van der Waals surface area contributed by atoms with E-state index in [1.807, 2.05) is 0 Å². The lowest BCUT2D eigenvalue weighted by Gasteiger charge is -2.13. The van der Waals surface area contributed by atoms with Gasteiger partial charge in [-0.2, -0.15) is 13.2 Å². The molecule has 1 aliphatic rings. The molecule has 0 spiro atoms. The Labute approximate surface area is 144 Å². The second kappa shape index (κ2) is 6.17. The van der Waals surface area contributed by atoms with Gasteiger partial charge in [0.15, 0.2) is 4.77 Å². The number of aliphatic imine (C=N–C) groups is 1. The fourth-order valence-corrected chi connectivity index (χ4v) is 2.56. The van der Waals surface area contributed by atoms with E-state index in [0.29, 0.717) is 5.70 Å². The molecule has 0 unspecified atom stereocenters. The summed E-state index contributed by atoms with van der Waals surface area (Å²) in [5, 5.41) is 10.4. The first-order valence-electron chi connectivity index (χ1n) is 6.96. The number of rotatable bonds is 2. The van der Waals surface area contributed by atoms with Crippen LogP contribution in [-0.2, 0) is 6.18 Å². The zero-order chi connectivity index (χ0) is 18.2. The fraction of sp³-hybridized carbons (Fsp3) is 0.0625. The molecule has 1 aliphatic heterocycles. The largest absolute Gasteiger partial charge is 0.494 e. The molecule has 9 heteroatoms. The summed E-state index contributed by atoms with van der Waals surface area (Å²) in [6, 6.07) is 4.26. The molecule has 0 aliphatic carbocycles. The first-order chi connectivity index (χ1) is 11.8. The molecule has 2 N–H and O–H groups in total. The summed E-state index contributed by atoms with van der Waals surface area (Å²) >= 11 is 4.99. The van der Waals surface area contributed by atoms with Gasteiger partial charge in [0.1, 0.15) is 5.56 Å². The van der Waals surface area contributed by atoms with Crippen molar-refractivity contribution in [1.82, 2.24) is 9.55 Å². The number of nitrogens with one attached hydrogen (secondary N) is 1. The van der Waals surface area contributed by atoms with Crippen molar-refractivity contribution in [2.45, 2.75) is 6.18 Å². The lowest BCUT2D eigenvalue weighted by atomic mass is 10.2. The molecule has 1 aromatic carbocycles. The summed E-state index contributed by atoms with van der Waals surface area (Å²) in [6.07, 6.45) is 1.51. The number of benzene rings is 1. The van der Waals surface area contributed by atoms with Gasteiger partial charge in [-0.15, -0.1) is 0 Å². The molecule has 0 fully saturated rings. The van der Waals surface area contributed by atoms with Crippen molar-refractivity contribution in [2.24, 2.45) is 4.99 Å². The van der Waals surface area contributed by atoms with Gasteiger partial charge in [0.05, 0.1) is 16.9 Å². The Balaban J connectivity index is 2.23. The zero-order valence-electron chi connectivity index (χ0n) is 12.4. The first-order valence-corrected chi connectivity index (χ1v) is 7.36. The number of H-pyrrole nitrogens is 1. The molecule has 2 aromatic rings. The maximum Gasteiger partial charge on any atom is 0.416 e. The Morgan fingerprint density at radius 1 is 1.32 bits per heavy atom. The second-order valence-electron chi connectivity index (χ2n) is 5.09. The summed E-state index contributed by atoms with van der Waals surface area (Å²) in [5.41, 5.74) is -1.36. The Morgan fingerprint density at radius 3 is 2.72 bits per heavy atom. The van der Waals surface area contributed by atoms with Gasteiger partial charge in [0.25, 0.3) is 5.56 Å². The van der Waals surface area contributed by atoms with Crippen LogP contribution in [0.5, 0.6) is 5.88 Å². The number of nitrogens with zero attached hydrogens (tertiary/aromatic N) is 2. The predicted molar refractivity (Wildman–Crippen MR) is 89.5 cm³/mol. The Morgan fingerprint density at radius 2 is 2.08 bits per heavy atom. The molecular formula is C16H10F3N3O2S. The average Bonchev–Trinajstić information content (AvgIpc) is 3.04. The molecule has 5 nitrogen and oxygen atoms in total. The number of allylic oxidation sites excluding steroid dienone is 2. The molecule has 2 heterocycles. The van der Waals surface area contributed by atoms with Gasteiger partial charge in [-0.25, -0.2) is 0 Å². The Kier molecular flexibility index (Phi) is 4.17. The van der Waals surface area contributed by atoms with Crippen molar-refractivity contribution < 1.29 is 18.3 Å². The summed E-state index contributed by atoms with van der Waals surface area (Å²) in [7, 11) is 0. The van der Waals surface area contributed by atoms with E-state index in [0.717, 1.165) is 16.7 Å². The molecule has 0 saturated carbocycles. The first kappa shape index (κ1) is 16.9. The maximum absolute atomic E-state index is 12.9. The number of hydrogen-bond acceptors (Lipinski definition) is 4.